The smallest absolute Gasteiger partial charge is 0.405 e. The molecule has 0 fully saturated rings. The standard InChI is InChI=1S/C14H13F3N2O3S/c1-8(20)13-19-7-11(23-13)12(21)18-6-9-4-2-3-5-10(9)22-14(15,16)17/h2-5,7-8,20H,6H2,1H3,(H,18,21)/t8-/m1/s1. The molecule has 2 aromatic rings. The number of ether oxygens (including phenoxy) is 1. The van der Waals surface area contributed by atoms with Gasteiger partial charge in [0, 0.05) is 12.1 Å². The van der Waals surface area contributed by atoms with E-state index in [0.29, 0.717) is 5.01 Å². The summed E-state index contributed by atoms with van der Waals surface area (Å²) in [6, 6.07) is 5.55. The molecule has 0 saturated carbocycles. The Morgan fingerprint density at radius 3 is 2.74 bits per heavy atom. The summed E-state index contributed by atoms with van der Waals surface area (Å²) in [5.41, 5.74) is 0.193. The number of amides is 1. The first-order chi connectivity index (χ1) is 10.8. The van der Waals surface area contributed by atoms with Crippen LogP contribution in [-0.4, -0.2) is 22.4 Å². The number of hydrogen-bond donors (Lipinski definition) is 2. The minimum Gasteiger partial charge on any atom is -0.405 e. The largest absolute Gasteiger partial charge is 0.573 e. The van der Waals surface area contributed by atoms with Gasteiger partial charge in [0.15, 0.2) is 0 Å². The van der Waals surface area contributed by atoms with Crippen molar-refractivity contribution in [1.82, 2.24) is 10.3 Å². The number of aromatic nitrogens is 1. The first-order valence-corrected chi connectivity index (χ1v) is 7.33. The number of para-hydroxylation sites is 1. The lowest BCUT2D eigenvalue weighted by Crippen LogP contribution is -2.23. The summed E-state index contributed by atoms with van der Waals surface area (Å²) in [7, 11) is 0. The second-order valence-corrected chi connectivity index (χ2v) is 5.64. The van der Waals surface area contributed by atoms with Crippen molar-refractivity contribution in [3.63, 3.8) is 0 Å². The molecule has 0 saturated heterocycles. The number of aliphatic hydroxyl groups excluding tert-OH is 1. The Kier molecular flexibility index (Phi) is 5.22. The van der Waals surface area contributed by atoms with Gasteiger partial charge in [0.05, 0.1) is 6.20 Å². The van der Waals surface area contributed by atoms with Crippen LogP contribution in [0.3, 0.4) is 0 Å². The second-order valence-electron chi connectivity index (χ2n) is 4.58. The Bertz CT molecular complexity index is 686. The van der Waals surface area contributed by atoms with Crippen LogP contribution in [-0.2, 0) is 6.54 Å². The van der Waals surface area contributed by atoms with Crippen molar-refractivity contribution in [2.24, 2.45) is 0 Å². The number of hydrogen-bond acceptors (Lipinski definition) is 5. The number of thiazole rings is 1. The third kappa shape index (κ3) is 4.93. The average Bonchev–Trinajstić information content (AvgIpc) is 2.94. The number of carbonyl (C=O) groups is 1. The molecular formula is C14H13F3N2O3S. The third-order valence-corrected chi connectivity index (χ3v) is 3.91. The molecule has 0 unspecified atom stereocenters. The Labute approximate surface area is 133 Å². The van der Waals surface area contributed by atoms with Gasteiger partial charge in [0.2, 0.25) is 0 Å². The van der Waals surface area contributed by atoms with Crippen molar-refractivity contribution in [2.75, 3.05) is 0 Å². The molecule has 0 spiro atoms. The lowest BCUT2D eigenvalue weighted by molar-refractivity contribution is -0.274. The fraction of sp³-hybridized carbons (Fsp3) is 0.286. The molecule has 5 nitrogen and oxygen atoms in total. The second kappa shape index (κ2) is 6.97. The highest BCUT2D eigenvalue weighted by molar-refractivity contribution is 7.13. The van der Waals surface area contributed by atoms with Gasteiger partial charge in [-0.1, -0.05) is 18.2 Å². The van der Waals surface area contributed by atoms with Crippen LogP contribution >= 0.6 is 11.3 Å². The summed E-state index contributed by atoms with van der Waals surface area (Å²) >= 11 is 1.01. The van der Waals surface area contributed by atoms with Crippen LogP contribution < -0.4 is 10.1 Å². The molecule has 0 aliphatic carbocycles. The van der Waals surface area contributed by atoms with Gasteiger partial charge in [-0.05, 0) is 13.0 Å². The van der Waals surface area contributed by atoms with Gasteiger partial charge in [0.1, 0.15) is 21.7 Å². The zero-order chi connectivity index (χ0) is 17.0. The molecule has 2 rings (SSSR count). The zero-order valence-electron chi connectivity index (χ0n) is 11.9. The number of nitrogens with one attached hydrogen (secondary N) is 1. The molecule has 1 aromatic heterocycles. The van der Waals surface area contributed by atoms with Crippen LogP contribution in [0.15, 0.2) is 30.5 Å². The van der Waals surface area contributed by atoms with Crippen molar-refractivity contribution in [1.29, 1.82) is 0 Å². The molecule has 0 radical (unpaired) electrons. The van der Waals surface area contributed by atoms with E-state index >= 15 is 0 Å². The van der Waals surface area contributed by atoms with Crippen LogP contribution in [0, 0.1) is 0 Å². The number of benzene rings is 1. The minimum absolute atomic E-state index is 0.132. The molecule has 0 bridgehead atoms. The topological polar surface area (TPSA) is 71.5 Å². The molecule has 0 aliphatic heterocycles. The van der Waals surface area contributed by atoms with Gasteiger partial charge in [-0.25, -0.2) is 4.98 Å². The van der Waals surface area contributed by atoms with E-state index in [4.69, 9.17) is 0 Å². The Morgan fingerprint density at radius 2 is 2.13 bits per heavy atom. The highest BCUT2D eigenvalue weighted by Crippen LogP contribution is 2.26. The molecule has 23 heavy (non-hydrogen) atoms. The number of nitrogens with zero attached hydrogens (tertiary/aromatic N) is 1. The van der Waals surface area contributed by atoms with Crippen LogP contribution in [0.2, 0.25) is 0 Å². The average molecular weight is 346 g/mol. The molecule has 9 heteroatoms. The molecule has 1 atom stereocenters. The maximum Gasteiger partial charge on any atom is 0.573 e. The zero-order valence-corrected chi connectivity index (χ0v) is 12.7. The number of halogens is 3. The summed E-state index contributed by atoms with van der Waals surface area (Å²) in [5.74, 6) is -0.856. The monoisotopic (exact) mass is 346 g/mol. The fourth-order valence-corrected chi connectivity index (χ4v) is 2.49. The highest BCUT2D eigenvalue weighted by Gasteiger charge is 2.32. The van der Waals surface area contributed by atoms with E-state index in [0.717, 1.165) is 11.3 Å². The molecule has 1 amide bonds. The quantitative estimate of drug-likeness (QED) is 0.873. The molecule has 2 N–H and O–H groups in total. The fourth-order valence-electron chi connectivity index (χ4n) is 1.72. The molecular weight excluding hydrogens is 333 g/mol. The van der Waals surface area contributed by atoms with E-state index in [2.05, 4.69) is 15.0 Å². The van der Waals surface area contributed by atoms with Crippen LogP contribution in [0.5, 0.6) is 5.75 Å². The summed E-state index contributed by atoms with van der Waals surface area (Å²) in [4.78, 5) is 16.1. The van der Waals surface area contributed by atoms with E-state index in [1.807, 2.05) is 0 Å². The first kappa shape index (κ1) is 17.2. The third-order valence-electron chi connectivity index (χ3n) is 2.74. The SMILES string of the molecule is C[C@@H](O)c1ncc(C(=O)NCc2ccccc2OC(F)(F)F)s1. The first-order valence-electron chi connectivity index (χ1n) is 6.52. The number of alkyl halides is 3. The van der Waals surface area contributed by atoms with Crippen molar-refractivity contribution >= 4 is 17.2 Å². The minimum atomic E-state index is -4.80. The normalized spacial score (nSPS) is 12.7. The maximum atomic E-state index is 12.3. The number of carbonyl (C=O) groups excluding carboxylic acids is 1. The maximum absolute atomic E-state index is 12.3. The van der Waals surface area contributed by atoms with Crippen LogP contribution in [0.25, 0.3) is 0 Å². The Balaban J connectivity index is 2.04. The van der Waals surface area contributed by atoms with Crippen molar-refractivity contribution in [2.45, 2.75) is 25.9 Å². The molecule has 1 heterocycles. The highest BCUT2D eigenvalue weighted by atomic mass is 32.1. The van der Waals surface area contributed by atoms with Gasteiger partial charge in [-0.3, -0.25) is 4.79 Å². The van der Waals surface area contributed by atoms with Crippen molar-refractivity contribution in [3.05, 3.63) is 45.9 Å². The predicted octanol–water partition coefficient (Wildman–Crippen LogP) is 3.03. The number of aliphatic hydroxyl groups is 1. The van der Waals surface area contributed by atoms with Gasteiger partial charge in [-0.15, -0.1) is 24.5 Å². The van der Waals surface area contributed by atoms with E-state index in [9.17, 15) is 23.1 Å². The Morgan fingerprint density at radius 1 is 1.43 bits per heavy atom. The van der Waals surface area contributed by atoms with E-state index < -0.39 is 18.4 Å². The molecule has 124 valence electrons. The molecule has 0 aliphatic rings. The van der Waals surface area contributed by atoms with Crippen molar-refractivity contribution < 1.29 is 27.8 Å². The lowest BCUT2D eigenvalue weighted by atomic mass is 10.2. The predicted molar refractivity (Wildman–Crippen MR) is 77.0 cm³/mol. The van der Waals surface area contributed by atoms with Gasteiger partial charge >= 0.3 is 6.36 Å². The lowest BCUT2D eigenvalue weighted by Gasteiger charge is -2.13. The van der Waals surface area contributed by atoms with Gasteiger partial charge < -0.3 is 15.2 Å². The number of rotatable bonds is 5. The Hall–Kier alpha value is -2.13. The van der Waals surface area contributed by atoms with Crippen LogP contribution in [0.1, 0.15) is 33.3 Å². The summed E-state index contributed by atoms with van der Waals surface area (Å²) in [5, 5.41) is 12.2. The van der Waals surface area contributed by atoms with Crippen LogP contribution in [0.4, 0.5) is 13.2 Å². The summed E-state index contributed by atoms with van der Waals surface area (Å²) in [6.07, 6.45) is -4.29. The van der Waals surface area contributed by atoms with Gasteiger partial charge in [0.25, 0.3) is 5.91 Å². The summed E-state index contributed by atoms with van der Waals surface area (Å²) < 4.78 is 40.9. The molecule has 1 aromatic carbocycles. The summed E-state index contributed by atoms with van der Waals surface area (Å²) in [6.45, 7) is 1.39. The van der Waals surface area contributed by atoms with E-state index in [-0.39, 0.29) is 22.7 Å². The van der Waals surface area contributed by atoms with E-state index in [1.165, 1.54) is 31.3 Å². The van der Waals surface area contributed by atoms with Gasteiger partial charge in [-0.2, -0.15) is 0 Å². The van der Waals surface area contributed by atoms with E-state index in [1.54, 1.807) is 6.07 Å². The van der Waals surface area contributed by atoms with Crippen molar-refractivity contribution in [3.8, 4) is 5.75 Å².